The van der Waals surface area contributed by atoms with E-state index in [2.05, 4.69) is 42.6 Å². The van der Waals surface area contributed by atoms with Gasteiger partial charge < -0.3 is 24.8 Å². The van der Waals surface area contributed by atoms with E-state index in [0.29, 0.717) is 29.5 Å². The number of benzene rings is 1. The molecule has 8 heterocycles. The number of piperidine rings is 2. The molecule has 2 bridgehead atoms. The molecule has 1 aromatic carbocycles. The Kier molecular flexibility index (Phi) is 10.6. The molecule has 1 aliphatic carbocycles. The van der Waals surface area contributed by atoms with E-state index in [1.807, 2.05) is 24.3 Å². The molecule has 62 heavy (non-hydrogen) atoms. The Balaban J connectivity index is 0.747. The van der Waals surface area contributed by atoms with Crippen molar-refractivity contribution in [3.8, 4) is 0 Å². The summed E-state index contributed by atoms with van der Waals surface area (Å²) in [6.45, 7) is 4.01. The summed E-state index contributed by atoms with van der Waals surface area (Å²) in [5.74, 6) is -0.157. The zero-order chi connectivity index (χ0) is 42.8. The van der Waals surface area contributed by atoms with Crippen molar-refractivity contribution >= 4 is 51.6 Å². The molecule has 0 spiro atoms. The number of imide groups is 1. The molecular formula is C43H52F2N12O5. The molecule has 1 saturated carbocycles. The first-order valence-corrected chi connectivity index (χ1v) is 21.9. The zero-order valence-corrected chi connectivity index (χ0v) is 35.0. The van der Waals surface area contributed by atoms with Crippen LogP contribution in [0.25, 0.3) is 16.7 Å². The molecule has 19 heteroatoms. The second-order valence-corrected chi connectivity index (χ2v) is 17.8. The lowest BCUT2D eigenvalue weighted by atomic mass is 9.85. The number of anilines is 3. The standard InChI is InChI=1S/C43H52F2N12O5/c1-51(26-14-17-53(18-15-26)32-4-3-5-33-38(32)52(2)43(61)57(33)34-12-13-36(58)49-42(34)60)21-25-6-8-27(9-7-25)56-24-31(37(50-56)39(44)45)47-41(59)30-20-46-55-19-16-35(48-40(30)55)54-22-28-10-11-29(23-54)62-28/h3-5,16,19-20,24-29,34,39H,6-15,17-18,21-23H2,1-2H3,(H,47,59)(H,49,58,60)/t25?,27?,28-,29+,34?. The molecule has 5 aliphatic rings. The van der Waals surface area contributed by atoms with Crippen LogP contribution < -0.4 is 26.1 Å². The molecule has 3 atom stereocenters. The number of hydrogen-bond acceptors (Lipinski definition) is 11. The summed E-state index contributed by atoms with van der Waals surface area (Å²) < 4.78 is 41.0. The third-order valence-electron chi connectivity index (χ3n) is 14.0. The van der Waals surface area contributed by atoms with Gasteiger partial charge in [-0.25, -0.2) is 23.1 Å². The van der Waals surface area contributed by atoms with Gasteiger partial charge in [0.25, 0.3) is 12.3 Å². The molecule has 1 unspecified atom stereocenters. The van der Waals surface area contributed by atoms with Crippen LogP contribution in [0.5, 0.6) is 0 Å². The van der Waals surface area contributed by atoms with Gasteiger partial charge in [0.2, 0.25) is 11.8 Å². The molecule has 5 fully saturated rings. The molecule has 17 nitrogen and oxygen atoms in total. The fourth-order valence-corrected chi connectivity index (χ4v) is 10.6. The minimum atomic E-state index is -2.87. The SMILES string of the molecule is CN(CC1CCC(n2cc(NC(=O)c3cnn4ccc(N5C[C@H]6CC[C@@H](C5)O6)nc34)c(C(F)F)n2)CC1)C1CCN(c2cccc3c2n(C)c(=O)n3C2CCC(=O)NC2=O)CC1. The molecule has 0 radical (unpaired) electrons. The van der Waals surface area contributed by atoms with Gasteiger partial charge in [0.05, 0.1) is 46.9 Å². The first-order chi connectivity index (χ1) is 30.0. The number of alkyl halides is 2. The highest BCUT2D eigenvalue weighted by atomic mass is 19.3. The van der Waals surface area contributed by atoms with E-state index in [4.69, 9.17) is 9.72 Å². The smallest absolute Gasteiger partial charge is 0.329 e. The number of carbonyl (C=O) groups is 3. The number of morpholine rings is 1. The number of nitrogens with zero attached hydrogens (tertiary/aromatic N) is 10. The van der Waals surface area contributed by atoms with Gasteiger partial charge in [0.15, 0.2) is 11.3 Å². The van der Waals surface area contributed by atoms with Crippen molar-refractivity contribution in [1.29, 1.82) is 0 Å². The first kappa shape index (κ1) is 40.4. The van der Waals surface area contributed by atoms with Crippen molar-refractivity contribution in [2.45, 2.75) is 101 Å². The first-order valence-electron chi connectivity index (χ1n) is 21.9. The number of amides is 3. The maximum absolute atomic E-state index is 14.4. The molecule has 4 saturated heterocycles. The van der Waals surface area contributed by atoms with Crippen molar-refractivity contribution < 1.29 is 27.9 Å². The van der Waals surface area contributed by atoms with E-state index in [0.717, 1.165) is 101 Å². The number of fused-ring (bicyclic) bond motifs is 4. The highest BCUT2D eigenvalue weighted by molar-refractivity contribution is 6.08. The average molecular weight is 855 g/mol. The predicted octanol–water partition coefficient (Wildman–Crippen LogP) is 4.45. The molecule has 328 valence electrons. The summed E-state index contributed by atoms with van der Waals surface area (Å²) in [5.41, 5.74) is 2.23. The number of nitrogens with one attached hydrogen (secondary N) is 2. The molecule has 10 rings (SSSR count). The van der Waals surface area contributed by atoms with Gasteiger partial charge in [-0.3, -0.25) is 33.5 Å². The fourth-order valence-electron chi connectivity index (χ4n) is 10.6. The number of para-hydroxylation sites is 1. The molecule has 4 aliphatic heterocycles. The van der Waals surface area contributed by atoms with Crippen LogP contribution in [-0.2, 0) is 21.4 Å². The van der Waals surface area contributed by atoms with E-state index in [-0.39, 0.29) is 47.5 Å². The number of aryl methyl sites for hydroxylation is 1. The fraction of sp³-hybridized carbons (Fsp3) is 0.558. The molecule has 3 amide bonds. The van der Waals surface area contributed by atoms with Crippen LogP contribution in [0, 0.1) is 5.92 Å². The average Bonchev–Trinajstić information content (AvgIpc) is 4.04. The number of carbonyl (C=O) groups excluding carboxylic acids is 3. The van der Waals surface area contributed by atoms with Crippen molar-refractivity contribution in [2.75, 3.05) is 54.9 Å². The van der Waals surface area contributed by atoms with E-state index in [1.54, 1.807) is 28.7 Å². The van der Waals surface area contributed by atoms with Crippen LogP contribution in [-0.4, -0.2) is 114 Å². The maximum atomic E-state index is 14.4. The normalized spacial score (nSPS) is 24.8. The van der Waals surface area contributed by atoms with E-state index < -0.39 is 30.0 Å². The third kappa shape index (κ3) is 7.41. The van der Waals surface area contributed by atoms with Crippen LogP contribution in [0.3, 0.4) is 0 Å². The number of aromatic nitrogens is 7. The Morgan fingerprint density at radius 1 is 0.984 bits per heavy atom. The van der Waals surface area contributed by atoms with Crippen LogP contribution in [0.4, 0.5) is 26.0 Å². The Hall–Kier alpha value is -5.69. The number of imidazole rings is 1. The second kappa shape index (κ2) is 16.2. The van der Waals surface area contributed by atoms with Crippen molar-refractivity contribution in [2.24, 2.45) is 13.0 Å². The van der Waals surface area contributed by atoms with Crippen LogP contribution in [0.15, 0.2) is 47.7 Å². The second-order valence-electron chi connectivity index (χ2n) is 17.8. The zero-order valence-electron chi connectivity index (χ0n) is 35.0. The Morgan fingerprint density at radius 2 is 1.74 bits per heavy atom. The van der Waals surface area contributed by atoms with Crippen LogP contribution in [0.1, 0.15) is 98.8 Å². The Bertz CT molecular complexity index is 2570. The number of halogens is 2. The van der Waals surface area contributed by atoms with Crippen molar-refractivity contribution in [3.05, 3.63) is 64.6 Å². The summed E-state index contributed by atoms with van der Waals surface area (Å²) in [6.07, 6.45) is 10.0. The minimum Gasteiger partial charge on any atom is -0.371 e. The van der Waals surface area contributed by atoms with Gasteiger partial charge in [-0.1, -0.05) is 6.07 Å². The molecule has 4 aromatic heterocycles. The van der Waals surface area contributed by atoms with Crippen molar-refractivity contribution in [3.63, 3.8) is 0 Å². The Morgan fingerprint density at radius 3 is 2.47 bits per heavy atom. The summed E-state index contributed by atoms with van der Waals surface area (Å²) in [4.78, 5) is 63.3. The van der Waals surface area contributed by atoms with Crippen LogP contribution in [0.2, 0.25) is 0 Å². The summed E-state index contributed by atoms with van der Waals surface area (Å²) in [7, 11) is 3.92. The highest BCUT2D eigenvalue weighted by Gasteiger charge is 2.36. The topological polar surface area (TPSA) is 169 Å². The molecule has 5 aromatic rings. The maximum Gasteiger partial charge on any atom is 0.329 e. The third-order valence-corrected chi connectivity index (χ3v) is 14.0. The van der Waals surface area contributed by atoms with E-state index in [9.17, 15) is 28.0 Å². The number of rotatable bonds is 10. The van der Waals surface area contributed by atoms with Crippen molar-refractivity contribution in [1.82, 2.24) is 43.7 Å². The quantitative estimate of drug-likeness (QED) is 0.191. The molecule has 2 N–H and O–H groups in total. The van der Waals surface area contributed by atoms with Gasteiger partial charge in [-0.2, -0.15) is 10.2 Å². The minimum absolute atomic E-state index is 0.0104. The van der Waals surface area contributed by atoms with Gasteiger partial charge in [0.1, 0.15) is 17.4 Å². The number of ether oxygens (including phenoxy) is 1. The number of hydrogen-bond donors (Lipinski definition) is 2. The summed E-state index contributed by atoms with van der Waals surface area (Å²) in [5, 5.41) is 13.7. The largest absolute Gasteiger partial charge is 0.371 e. The van der Waals surface area contributed by atoms with Gasteiger partial charge in [0, 0.05) is 64.6 Å². The lowest BCUT2D eigenvalue weighted by Gasteiger charge is -2.40. The van der Waals surface area contributed by atoms with Gasteiger partial charge >= 0.3 is 5.69 Å². The van der Waals surface area contributed by atoms with E-state index >= 15 is 0 Å². The molecular weight excluding hydrogens is 803 g/mol. The van der Waals surface area contributed by atoms with Crippen LogP contribution >= 0.6 is 0 Å². The van der Waals surface area contributed by atoms with E-state index in [1.165, 1.54) is 15.3 Å². The lowest BCUT2D eigenvalue weighted by molar-refractivity contribution is -0.135. The van der Waals surface area contributed by atoms with Gasteiger partial charge in [-0.05, 0) is 89.0 Å². The summed E-state index contributed by atoms with van der Waals surface area (Å²) >= 11 is 0. The Labute approximate surface area is 356 Å². The predicted molar refractivity (Wildman–Crippen MR) is 226 cm³/mol. The monoisotopic (exact) mass is 854 g/mol. The lowest BCUT2D eigenvalue weighted by Crippen LogP contribution is -2.45. The highest BCUT2D eigenvalue weighted by Crippen LogP contribution is 2.37. The summed E-state index contributed by atoms with van der Waals surface area (Å²) in [6, 6.07) is 7.28. The van der Waals surface area contributed by atoms with Gasteiger partial charge in [-0.15, -0.1) is 0 Å².